The van der Waals surface area contributed by atoms with Crippen molar-refractivity contribution < 1.29 is 8.42 Å². The molecule has 0 aliphatic rings. The lowest BCUT2D eigenvalue weighted by Crippen LogP contribution is -2.47. The van der Waals surface area contributed by atoms with E-state index in [2.05, 4.69) is 19.4 Å². The number of H-pyrrole nitrogens is 1. The van der Waals surface area contributed by atoms with Gasteiger partial charge in [0.1, 0.15) is 5.82 Å². The van der Waals surface area contributed by atoms with Crippen LogP contribution in [0.1, 0.15) is 26.6 Å². The lowest BCUT2D eigenvalue weighted by molar-refractivity contribution is 0.484. The van der Waals surface area contributed by atoms with E-state index in [0.717, 1.165) is 5.82 Å². The molecule has 16 heavy (non-hydrogen) atoms. The molecule has 0 radical (unpaired) electrons. The minimum atomic E-state index is -3.43. The third kappa shape index (κ3) is 5.24. The van der Waals surface area contributed by atoms with Crippen molar-refractivity contribution in [1.29, 1.82) is 0 Å². The Morgan fingerprint density at radius 2 is 2.12 bits per heavy atom. The molecular weight excluding hydrogens is 228 g/mol. The van der Waals surface area contributed by atoms with Gasteiger partial charge < -0.3 is 4.98 Å². The summed E-state index contributed by atoms with van der Waals surface area (Å²) in [7, 11) is -3.43. The topological polar surface area (TPSA) is 86.9 Å². The number of hydrogen-bond donors (Lipinski definition) is 3. The van der Waals surface area contributed by atoms with Gasteiger partial charge in [-0.05, 0) is 20.8 Å². The summed E-state index contributed by atoms with van der Waals surface area (Å²) in [4.78, 5) is 6.90. The van der Waals surface area contributed by atoms with E-state index in [1.54, 1.807) is 33.2 Å². The third-order valence-corrected chi connectivity index (χ3v) is 3.11. The van der Waals surface area contributed by atoms with Gasteiger partial charge in [-0.25, -0.2) is 9.71 Å². The number of aromatic amines is 1. The highest BCUT2D eigenvalue weighted by Gasteiger charge is 2.18. The predicted octanol–water partition coefficient (Wildman–Crippen LogP) is 0.175. The van der Waals surface area contributed by atoms with E-state index in [4.69, 9.17) is 0 Å². The Hall–Kier alpha value is -0.920. The highest BCUT2D eigenvalue weighted by Crippen LogP contribution is 2.00. The van der Waals surface area contributed by atoms with Crippen LogP contribution in [-0.2, 0) is 16.6 Å². The number of aromatic nitrogens is 2. The van der Waals surface area contributed by atoms with Crippen LogP contribution in [0, 0.1) is 0 Å². The molecule has 0 saturated heterocycles. The zero-order valence-electron chi connectivity index (χ0n) is 9.74. The van der Waals surface area contributed by atoms with Gasteiger partial charge in [0.15, 0.2) is 0 Å². The molecule has 0 saturated carbocycles. The highest BCUT2D eigenvalue weighted by molar-refractivity contribution is 7.87. The standard InChI is InChI=1S/C9H18N4O2S/c1-9(2,3)13-16(14,15)12-5-4-8-10-6-7-11-8/h6-7,12-13H,4-5H2,1-3H3,(H,10,11). The minimum Gasteiger partial charge on any atom is -0.349 e. The summed E-state index contributed by atoms with van der Waals surface area (Å²) >= 11 is 0. The molecule has 1 aromatic heterocycles. The van der Waals surface area contributed by atoms with E-state index in [0.29, 0.717) is 13.0 Å². The SMILES string of the molecule is CC(C)(C)NS(=O)(=O)NCCc1ncc[nH]1. The first kappa shape index (κ1) is 13.1. The number of imidazole rings is 1. The zero-order valence-corrected chi connectivity index (χ0v) is 10.6. The van der Waals surface area contributed by atoms with Crippen molar-refractivity contribution in [2.75, 3.05) is 6.54 Å². The van der Waals surface area contributed by atoms with E-state index in [9.17, 15) is 8.42 Å². The molecule has 0 atom stereocenters. The van der Waals surface area contributed by atoms with Crippen molar-refractivity contribution in [3.8, 4) is 0 Å². The summed E-state index contributed by atoms with van der Waals surface area (Å²) in [6.45, 7) is 5.69. The van der Waals surface area contributed by atoms with Crippen LogP contribution in [0.4, 0.5) is 0 Å². The molecule has 0 aliphatic carbocycles. The van der Waals surface area contributed by atoms with Crippen LogP contribution in [0.25, 0.3) is 0 Å². The van der Waals surface area contributed by atoms with Crippen molar-refractivity contribution >= 4 is 10.2 Å². The van der Waals surface area contributed by atoms with E-state index in [1.807, 2.05) is 0 Å². The Labute approximate surface area is 96.0 Å². The summed E-state index contributed by atoms with van der Waals surface area (Å²) in [6.07, 6.45) is 3.88. The highest BCUT2D eigenvalue weighted by atomic mass is 32.2. The van der Waals surface area contributed by atoms with Crippen LogP contribution in [-0.4, -0.2) is 30.5 Å². The van der Waals surface area contributed by atoms with E-state index in [-0.39, 0.29) is 0 Å². The molecule has 92 valence electrons. The van der Waals surface area contributed by atoms with Crippen LogP contribution in [0.2, 0.25) is 0 Å². The first-order valence-electron chi connectivity index (χ1n) is 5.05. The summed E-state index contributed by atoms with van der Waals surface area (Å²) in [5.74, 6) is 0.762. The summed E-state index contributed by atoms with van der Waals surface area (Å²) in [5, 5.41) is 0. The maximum Gasteiger partial charge on any atom is 0.277 e. The number of nitrogens with one attached hydrogen (secondary N) is 3. The molecule has 0 aromatic carbocycles. The van der Waals surface area contributed by atoms with E-state index < -0.39 is 15.7 Å². The largest absolute Gasteiger partial charge is 0.349 e. The van der Waals surface area contributed by atoms with Gasteiger partial charge in [0.25, 0.3) is 10.2 Å². The van der Waals surface area contributed by atoms with Gasteiger partial charge >= 0.3 is 0 Å². The average Bonchev–Trinajstić information content (AvgIpc) is 2.51. The smallest absolute Gasteiger partial charge is 0.277 e. The first-order chi connectivity index (χ1) is 7.29. The van der Waals surface area contributed by atoms with Crippen LogP contribution in [0.3, 0.4) is 0 Å². The predicted molar refractivity (Wildman–Crippen MR) is 62.1 cm³/mol. The average molecular weight is 246 g/mol. The molecule has 0 fully saturated rings. The molecule has 0 unspecified atom stereocenters. The number of hydrogen-bond acceptors (Lipinski definition) is 3. The van der Waals surface area contributed by atoms with Gasteiger partial charge in [0.05, 0.1) is 0 Å². The molecular formula is C9H18N4O2S. The molecule has 6 nitrogen and oxygen atoms in total. The molecule has 3 N–H and O–H groups in total. The summed E-state index contributed by atoms with van der Waals surface area (Å²) in [5.41, 5.74) is -0.476. The fourth-order valence-corrected chi connectivity index (χ4v) is 2.43. The summed E-state index contributed by atoms with van der Waals surface area (Å²) in [6, 6.07) is 0. The maximum atomic E-state index is 11.5. The molecule has 0 amide bonds. The van der Waals surface area contributed by atoms with Gasteiger partial charge in [-0.1, -0.05) is 0 Å². The molecule has 0 bridgehead atoms. The normalized spacial score (nSPS) is 12.9. The van der Waals surface area contributed by atoms with Crippen molar-refractivity contribution in [2.45, 2.75) is 32.7 Å². The monoisotopic (exact) mass is 246 g/mol. The Balaban J connectivity index is 2.37. The Morgan fingerprint density at radius 1 is 1.44 bits per heavy atom. The Morgan fingerprint density at radius 3 is 2.62 bits per heavy atom. The molecule has 1 aromatic rings. The zero-order chi connectivity index (χ0) is 12.2. The fraction of sp³-hybridized carbons (Fsp3) is 0.667. The second kappa shape index (κ2) is 4.94. The molecule has 0 spiro atoms. The maximum absolute atomic E-state index is 11.5. The second-order valence-electron chi connectivity index (χ2n) is 4.54. The Bertz CT molecular complexity index is 405. The van der Waals surface area contributed by atoms with Gasteiger partial charge in [-0.3, -0.25) is 0 Å². The van der Waals surface area contributed by atoms with Crippen LogP contribution in [0.5, 0.6) is 0 Å². The van der Waals surface area contributed by atoms with Crippen LogP contribution in [0.15, 0.2) is 12.4 Å². The minimum absolute atomic E-state index is 0.318. The van der Waals surface area contributed by atoms with Crippen molar-refractivity contribution in [3.05, 3.63) is 18.2 Å². The van der Waals surface area contributed by atoms with Gasteiger partial charge in [-0.2, -0.15) is 13.1 Å². The second-order valence-corrected chi connectivity index (χ2v) is 6.04. The fourth-order valence-electron chi connectivity index (χ4n) is 1.18. The van der Waals surface area contributed by atoms with E-state index >= 15 is 0 Å². The molecule has 7 heteroatoms. The van der Waals surface area contributed by atoms with Gasteiger partial charge in [0.2, 0.25) is 0 Å². The molecule has 1 rings (SSSR count). The molecule has 0 aliphatic heterocycles. The number of rotatable bonds is 5. The van der Waals surface area contributed by atoms with Crippen molar-refractivity contribution in [2.24, 2.45) is 0 Å². The Kier molecular flexibility index (Phi) is 4.06. The van der Waals surface area contributed by atoms with Crippen LogP contribution < -0.4 is 9.44 Å². The summed E-state index contributed by atoms with van der Waals surface area (Å²) < 4.78 is 28.0. The molecule has 1 heterocycles. The quantitative estimate of drug-likeness (QED) is 0.692. The third-order valence-electron chi connectivity index (χ3n) is 1.65. The van der Waals surface area contributed by atoms with Crippen molar-refractivity contribution in [1.82, 2.24) is 19.4 Å². The van der Waals surface area contributed by atoms with Crippen molar-refractivity contribution in [3.63, 3.8) is 0 Å². The van der Waals surface area contributed by atoms with E-state index in [1.165, 1.54) is 0 Å². The lowest BCUT2D eigenvalue weighted by atomic mass is 10.1. The first-order valence-corrected chi connectivity index (χ1v) is 6.54. The van der Waals surface area contributed by atoms with Crippen LogP contribution >= 0.6 is 0 Å². The van der Waals surface area contributed by atoms with Gasteiger partial charge in [0, 0.05) is 30.9 Å². The van der Waals surface area contributed by atoms with Gasteiger partial charge in [-0.15, -0.1) is 0 Å². The number of nitrogens with zero attached hydrogens (tertiary/aromatic N) is 1. The lowest BCUT2D eigenvalue weighted by Gasteiger charge is -2.20.